The number of ketones is 1. The lowest BCUT2D eigenvalue weighted by Crippen LogP contribution is -2.11. The van der Waals surface area contributed by atoms with E-state index in [1.807, 2.05) is 13.8 Å². The molecule has 1 rings (SSSR count). The first-order valence-corrected chi connectivity index (χ1v) is 4.09. The predicted octanol–water partition coefficient (Wildman–Crippen LogP) is 0.805. The second-order valence-corrected chi connectivity index (χ2v) is 3.09. The van der Waals surface area contributed by atoms with Gasteiger partial charge >= 0.3 is 0 Å². The molecule has 0 unspecified atom stereocenters. The Hall–Kier alpha value is -1.39. The van der Waals surface area contributed by atoms with Crippen molar-refractivity contribution in [3.8, 4) is 5.88 Å². The molecule has 72 valence electrons. The minimum absolute atomic E-state index is 0.00954. The molecule has 0 bridgehead atoms. The number of hydrogen-bond acceptors (Lipinski definition) is 4. The number of aryl methyl sites for hydroxylation is 1. The van der Waals surface area contributed by atoms with Gasteiger partial charge in [0.1, 0.15) is 0 Å². The van der Waals surface area contributed by atoms with Gasteiger partial charge in [0.2, 0.25) is 5.88 Å². The standard InChI is InChI=1S/C8H13N3O2/c1-5(2)13-8-7(6(3)12)9-10-11(8)4/h5H,1-4H3. The van der Waals surface area contributed by atoms with E-state index in [0.29, 0.717) is 5.88 Å². The summed E-state index contributed by atoms with van der Waals surface area (Å²) >= 11 is 0. The van der Waals surface area contributed by atoms with Crippen molar-refractivity contribution in [2.45, 2.75) is 26.9 Å². The Morgan fingerprint density at radius 1 is 1.54 bits per heavy atom. The summed E-state index contributed by atoms with van der Waals surface area (Å²) in [5.74, 6) is 0.297. The van der Waals surface area contributed by atoms with Gasteiger partial charge in [-0.05, 0) is 13.8 Å². The van der Waals surface area contributed by atoms with Gasteiger partial charge in [0.05, 0.1) is 6.10 Å². The zero-order chi connectivity index (χ0) is 10.0. The zero-order valence-corrected chi connectivity index (χ0v) is 8.24. The molecule has 0 aromatic carbocycles. The van der Waals surface area contributed by atoms with E-state index in [-0.39, 0.29) is 17.6 Å². The van der Waals surface area contributed by atoms with E-state index in [9.17, 15) is 4.79 Å². The topological polar surface area (TPSA) is 57.0 Å². The Morgan fingerprint density at radius 3 is 2.62 bits per heavy atom. The molecule has 5 nitrogen and oxygen atoms in total. The molecule has 0 radical (unpaired) electrons. The van der Waals surface area contributed by atoms with Crippen molar-refractivity contribution in [2.75, 3.05) is 0 Å². The predicted molar refractivity (Wildman–Crippen MR) is 46.8 cm³/mol. The lowest BCUT2D eigenvalue weighted by atomic mass is 10.3. The van der Waals surface area contributed by atoms with E-state index >= 15 is 0 Å². The number of aromatic nitrogens is 3. The van der Waals surface area contributed by atoms with E-state index in [4.69, 9.17) is 4.74 Å². The molecule has 0 N–H and O–H groups in total. The fraction of sp³-hybridized carbons (Fsp3) is 0.625. The molecular weight excluding hydrogens is 170 g/mol. The van der Waals surface area contributed by atoms with Crippen LogP contribution in [0.4, 0.5) is 0 Å². The SMILES string of the molecule is CC(=O)c1nnn(C)c1OC(C)C. The second kappa shape index (κ2) is 3.55. The molecule has 0 saturated heterocycles. The maximum Gasteiger partial charge on any atom is 0.243 e. The van der Waals surface area contributed by atoms with Gasteiger partial charge in [-0.25, -0.2) is 4.68 Å². The molecule has 0 fully saturated rings. The highest BCUT2D eigenvalue weighted by atomic mass is 16.5. The highest BCUT2D eigenvalue weighted by molar-refractivity contribution is 5.94. The molecule has 0 aliphatic carbocycles. The number of carbonyl (C=O) groups is 1. The summed E-state index contributed by atoms with van der Waals surface area (Å²) in [6, 6.07) is 0. The summed E-state index contributed by atoms with van der Waals surface area (Å²) in [6.07, 6.45) is 0.00954. The lowest BCUT2D eigenvalue weighted by molar-refractivity contribution is 0.100. The third-order valence-corrected chi connectivity index (χ3v) is 1.46. The third-order valence-electron chi connectivity index (χ3n) is 1.46. The molecule has 0 saturated carbocycles. The van der Waals surface area contributed by atoms with Gasteiger partial charge < -0.3 is 4.74 Å². The smallest absolute Gasteiger partial charge is 0.243 e. The van der Waals surface area contributed by atoms with Gasteiger partial charge in [-0.2, -0.15) is 0 Å². The first kappa shape index (κ1) is 9.70. The molecule has 13 heavy (non-hydrogen) atoms. The number of rotatable bonds is 3. The zero-order valence-electron chi connectivity index (χ0n) is 8.24. The van der Waals surface area contributed by atoms with Crippen LogP contribution >= 0.6 is 0 Å². The summed E-state index contributed by atoms with van der Waals surface area (Å²) in [7, 11) is 1.69. The van der Waals surface area contributed by atoms with Crippen molar-refractivity contribution in [1.29, 1.82) is 0 Å². The van der Waals surface area contributed by atoms with Crippen LogP contribution in [0.2, 0.25) is 0 Å². The fourth-order valence-corrected chi connectivity index (χ4v) is 0.925. The van der Waals surface area contributed by atoms with Crippen LogP contribution in [0.25, 0.3) is 0 Å². The first-order chi connectivity index (χ1) is 6.02. The third kappa shape index (κ3) is 2.05. The Balaban J connectivity index is 3.01. The average molecular weight is 183 g/mol. The van der Waals surface area contributed by atoms with Crippen LogP contribution in [0.1, 0.15) is 31.3 Å². The largest absolute Gasteiger partial charge is 0.473 e. The van der Waals surface area contributed by atoms with Gasteiger partial charge in [-0.15, -0.1) is 5.10 Å². The summed E-state index contributed by atoms with van der Waals surface area (Å²) in [6.45, 7) is 5.21. The van der Waals surface area contributed by atoms with Crippen molar-refractivity contribution in [2.24, 2.45) is 7.05 Å². The fourth-order valence-electron chi connectivity index (χ4n) is 0.925. The number of ether oxygens (including phenoxy) is 1. The van der Waals surface area contributed by atoms with Gasteiger partial charge in [0.15, 0.2) is 11.5 Å². The summed E-state index contributed by atoms with van der Waals surface area (Å²) in [5, 5.41) is 7.42. The number of Topliss-reactive ketones (excluding diaryl/α,β-unsaturated/α-hetero) is 1. The maximum absolute atomic E-state index is 11.1. The summed E-state index contributed by atoms with van der Waals surface area (Å²) in [4.78, 5) is 11.1. The summed E-state index contributed by atoms with van der Waals surface area (Å²) < 4.78 is 6.85. The minimum atomic E-state index is -0.135. The maximum atomic E-state index is 11.1. The van der Waals surface area contributed by atoms with Crippen molar-refractivity contribution >= 4 is 5.78 Å². The van der Waals surface area contributed by atoms with E-state index in [0.717, 1.165) is 0 Å². The molecule has 1 aromatic heterocycles. The molecule has 0 aliphatic rings. The van der Waals surface area contributed by atoms with E-state index in [1.54, 1.807) is 7.05 Å². The van der Waals surface area contributed by atoms with Crippen LogP contribution in [0.5, 0.6) is 5.88 Å². The van der Waals surface area contributed by atoms with Crippen LogP contribution in [0.3, 0.4) is 0 Å². The average Bonchev–Trinajstić information content (AvgIpc) is 2.32. The molecule has 0 spiro atoms. The van der Waals surface area contributed by atoms with Crippen molar-refractivity contribution in [1.82, 2.24) is 15.0 Å². The molecule has 1 heterocycles. The number of carbonyl (C=O) groups excluding carboxylic acids is 1. The van der Waals surface area contributed by atoms with Crippen molar-refractivity contribution in [3.63, 3.8) is 0 Å². The van der Waals surface area contributed by atoms with Crippen LogP contribution in [0, 0.1) is 0 Å². The van der Waals surface area contributed by atoms with Gasteiger partial charge in [0.25, 0.3) is 0 Å². The molecule has 0 atom stereocenters. The van der Waals surface area contributed by atoms with Crippen LogP contribution < -0.4 is 4.74 Å². The molecular formula is C8H13N3O2. The van der Waals surface area contributed by atoms with E-state index in [1.165, 1.54) is 11.6 Å². The van der Waals surface area contributed by atoms with Crippen LogP contribution in [-0.4, -0.2) is 26.9 Å². The summed E-state index contributed by atoms with van der Waals surface area (Å²) in [5.41, 5.74) is 0.288. The van der Waals surface area contributed by atoms with Crippen LogP contribution in [0.15, 0.2) is 0 Å². The highest BCUT2D eigenvalue weighted by Gasteiger charge is 2.16. The number of hydrogen-bond donors (Lipinski definition) is 0. The Morgan fingerprint density at radius 2 is 2.15 bits per heavy atom. The number of nitrogens with zero attached hydrogens (tertiary/aromatic N) is 3. The monoisotopic (exact) mass is 183 g/mol. The van der Waals surface area contributed by atoms with Crippen LogP contribution in [-0.2, 0) is 7.05 Å². The Kier molecular flexibility index (Phi) is 2.65. The minimum Gasteiger partial charge on any atom is -0.473 e. The van der Waals surface area contributed by atoms with E-state index < -0.39 is 0 Å². The molecule has 0 aliphatic heterocycles. The first-order valence-electron chi connectivity index (χ1n) is 4.09. The van der Waals surface area contributed by atoms with Gasteiger partial charge in [-0.1, -0.05) is 5.21 Å². The highest BCUT2D eigenvalue weighted by Crippen LogP contribution is 2.15. The lowest BCUT2D eigenvalue weighted by Gasteiger charge is -2.09. The van der Waals surface area contributed by atoms with Crippen molar-refractivity contribution in [3.05, 3.63) is 5.69 Å². The van der Waals surface area contributed by atoms with Crippen molar-refractivity contribution < 1.29 is 9.53 Å². The van der Waals surface area contributed by atoms with Gasteiger partial charge in [-0.3, -0.25) is 4.79 Å². The van der Waals surface area contributed by atoms with Gasteiger partial charge in [0, 0.05) is 14.0 Å². The Labute approximate surface area is 76.7 Å². The van der Waals surface area contributed by atoms with E-state index in [2.05, 4.69) is 10.3 Å². The second-order valence-electron chi connectivity index (χ2n) is 3.09. The Bertz CT molecular complexity index is 317. The molecule has 1 aromatic rings. The molecule has 0 amide bonds. The quantitative estimate of drug-likeness (QED) is 0.650. The normalized spacial score (nSPS) is 10.5. The molecule has 5 heteroatoms.